The van der Waals surface area contributed by atoms with Gasteiger partial charge in [-0.15, -0.1) is 0 Å². The first-order valence-corrected chi connectivity index (χ1v) is 6.97. The maximum absolute atomic E-state index is 13.6. The van der Waals surface area contributed by atoms with Crippen molar-refractivity contribution in [2.45, 2.75) is 32.2 Å². The number of halogens is 2. The van der Waals surface area contributed by atoms with Gasteiger partial charge in [-0.2, -0.15) is 0 Å². The molecule has 3 nitrogen and oxygen atoms in total. The van der Waals surface area contributed by atoms with Crippen LogP contribution >= 0.6 is 11.6 Å². The molecule has 1 aliphatic rings. The summed E-state index contributed by atoms with van der Waals surface area (Å²) in [6, 6.07) is 3.99. The second kappa shape index (κ2) is 6.35. The van der Waals surface area contributed by atoms with Gasteiger partial charge in [0.1, 0.15) is 5.82 Å². The second-order valence-electron chi connectivity index (χ2n) is 4.92. The van der Waals surface area contributed by atoms with Crippen LogP contribution in [0.5, 0.6) is 0 Å². The number of amides is 1. The first kappa shape index (κ1) is 14.3. The zero-order valence-electron chi connectivity index (χ0n) is 10.9. The summed E-state index contributed by atoms with van der Waals surface area (Å²) in [6.45, 7) is 2.96. The fourth-order valence-corrected chi connectivity index (χ4v) is 2.54. The topological polar surface area (TPSA) is 41.1 Å². The third-order valence-corrected chi connectivity index (χ3v) is 3.83. The molecule has 2 rings (SSSR count). The van der Waals surface area contributed by atoms with Gasteiger partial charge in [-0.25, -0.2) is 4.39 Å². The smallest absolute Gasteiger partial charge is 0.241 e. The number of hydrogen-bond acceptors (Lipinski definition) is 2. The van der Waals surface area contributed by atoms with Crippen molar-refractivity contribution in [1.82, 2.24) is 5.32 Å². The van der Waals surface area contributed by atoms with E-state index in [4.69, 9.17) is 11.6 Å². The number of carbonyl (C=O) groups is 1. The Hall–Kier alpha value is -1.13. The Bertz CT molecular complexity index is 467. The molecule has 104 valence electrons. The van der Waals surface area contributed by atoms with Crippen LogP contribution in [-0.4, -0.2) is 18.5 Å². The van der Waals surface area contributed by atoms with Crippen LogP contribution in [0.2, 0.25) is 5.02 Å². The molecule has 0 radical (unpaired) electrons. The summed E-state index contributed by atoms with van der Waals surface area (Å²) >= 11 is 5.68. The van der Waals surface area contributed by atoms with E-state index in [0.717, 1.165) is 25.8 Å². The molecule has 1 fully saturated rings. The number of carbonyl (C=O) groups excluding carboxylic acids is 1. The lowest BCUT2D eigenvalue weighted by Gasteiger charge is -2.28. The monoisotopic (exact) mass is 284 g/mol. The standard InChI is InChI=1S/C14H18ClFN2O/c1-2-9-5-6-17-13(7-9)14(19)18-12-4-3-10(15)8-11(12)16/h3-4,8-9,13,17H,2,5-7H2,1H3,(H,18,19). The molecule has 1 saturated heterocycles. The van der Waals surface area contributed by atoms with E-state index in [1.54, 1.807) is 6.07 Å². The Kier molecular flexibility index (Phi) is 4.77. The molecule has 1 amide bonds. The summed E-state index contributed by atoms with van der Waals surface area (Å²) in [4.78, 5) is 12.1. The fourth-order valence-electron chi connectivity index (χ4n) is 2.38. The molecule has 2 N–H and O–H groups in total. The van der Waals surface area contributed by atoms with Crippen molar-refractivity contribution >= 4 is 23.2 Å². The van der Waals surface area contributed by atoms with Crippen molar-refractivity contribution in [3.8, 4) is 0 Å². The van der Waals surface area contributed by atoms with Crippen LogP contribution in [0, 0.1) is 11.7 Å². The minimum absolute atomic E-state index is 0.176. The van der Waals surface area contributed by atoms with Crippen LogP contribution in [0.1, 0.15) is 26.2 Å². The van der Waals surface area contributed by atoms with E-state index in [-0.39, 0.29) is 17.6 Å². The maximum Gasteiger partial charge on any atom is 0.241 e. The van der Waals surface area contributed by atoms with Crippen molar-refractivity contribution < 1.29 is 9.18 Å². The minimum Gasteiger partial charge on any atom is -0.322 e. The van der Waals surface area contributed by atoms with Crippen molar-refractivity contribution in [1.29, 1.82) is 0 Å². The first-order chi connectivity index (χ1) is 9.10. The first-order valence-electron chi connectivity index (χ1n) is 6.59. The van der Waals surface area contributed by atoms with Gasteiger partial charge < -0.3 is 10.6 Å². The molecule has 2 unspecified atom stereocenters. The van der Waals surface area contributed by atoms with Gasteiger partial charge >= 0.3 is 0 Å². The van der Waals surface area contributed by atoms with E-state index >= 15 is 0 Å². The maximum atomic E-state index is 13.6. The van der Waals surface area contributed by atoms with Gasteiger partial charge in [-0.3, -0.25) is 4.79 Å². The van der Waals surface area contributed by atoms with Gasteiger partial charge in [0.05, 0.1) is 11.7 Å². The van der Waals surface area contributed by atoms with E-state index in [1.165, 1.54) is 12.1 Å². The molecule has 19 heavy (non-hydrogen) atoms. The Labute approximate surface area is 117 Å². The molecule has 1 aliphatic heterocycles. The molecule has 0 saturated carbocycles. The number of hydrogen-bond donors (Lipinski definition) is 2. The number of benzene rings is 1. The highest BCUT2D eigenvalue weighted by Gasteiger charge is 2.26. The van der Waals surface area contributed by atoms with Crippen molar-refractivity contribution in [3.63, 3.8) is 0 Å². The molecule has 0 spiro atoms. The third kappa shape index (κ3) is 3.67. The Balaban J connectivity index is 2.00. The lowest BCUT2D eigenvalue weighted by molar-refractivity contribution is -0.119. The van der Waals surface area contributed by atoms with Gasteiger partial charge in [0.2, 0.25) is 5.91 Å². The van der Waals surface area contributed by atoms with Gasteiger partial charge in [-0.1, -0.05) is 24.9 Å². The molecule has 0 bridgehead atoms. The average molecular weight is 285 g/mol. The van der Waals surface area contributed by atoms with Crippen LogP contribution in [0.4, 0.5) is 10.1 Å². The predicted octanol–water partition coefficient (Wildman–Crippen LogP) is 3.20. The van der Waals surface area contributed by atoms with Crippen LogP contribution in [0.3, 0.4) is 0 Å². The van der Waals surface area contributed by atoms with E-state index in [0.29, 0.717) is 10.9 Å². The number of rotatable bonds is 3. The largest absolute Gasteiger partial charge is 0.322 e. The molecule has 0 aromatic heterocycles. The van der Waals surface area contributed by atoms with Crippen molar-refractivity contribution in [2.75, 3.05) is 11.9 Å². The second-order valence-corrected chi connectivity index (χ2v) is 5.36. The van der Waals surface area contributed by atoms with E-state index in [1.807, 2.05) is 0 Å². The fraction of sp³-hybridized carbons (Fsp3) is 0.500. The third-order valence-electron chi connectivity index (χ3n) is 3.60. The van der Waals surface area contributed by atoms with E-state index < -0.39 is 5.82 Å². The zero-order valence-corrected chi connectivity index (χ0v) is 11.6. The van der Waals surface area contributed by atoms with Gasteiger partial charge in [0.25, 0.3) is 0 Å². The van der Waals surface area contributed by atoms with Crippen LogP contribution < -0.4 is 10.6 Å². The van der Waals surface area contributed by atoms with Crippen molar-refractivity contribution in [2.24, 2.45) is 5.92 Å². The minimum atomic E-state index is -0.510. The quantitative estimate of drug-likeness (QED) is 0.895. The average Bonchev–Trinajstić information content (AvgIpc) is 2.42. The van der Waals surface area contributed by atoms with Gasteiger partial charge in [-0.05, 0) is 43.5 Å². The lowest BCUT2D eigenvalue weighted by Crippen LogP contribution is -2.46. The molecule has 2 atom stereocenters. The molecular formula is C14H18ClFN2O. The molecular weight excluding hydrogens is 267 g/mol. The Morgan fingerprint density at radius 3 is 3.05 bits per heavy atom. The highest BCUT2D eigenvalue weighted by molar-refractivity contribution is 6.30. The summed E-state index contributed by atoms with van der Waals surface area (Å²) in [6.07, 6.45) is 2.97. The van der Waals surface area contributed by atoms with E-state index in [9.17, 15) is 9.18 Å². The highest BCUT2D eigenvalue weighted by Crippen LogP contribution is 2.22. The van der Waals surface area contributed by atoms with Crippen LogP contribution in [-0.2, 0) is 4.79 Å². The zero-order chi connectivity index (χ0) is 13.8. The Morgan fingerprint density at radius 2 is 2.37 bits per heavy atom. The normalized spacial score (nSPS) is 23.1. The number of anilines is 1. The molecule has 1 aromatic rings. The lowest BCUT2D eigenvalue weighted by atomic mass is 9.90. The summed E-state index contributed by atoms with van der Waals surface area (Å²) in [7, 11) is 0. The summed E-state index contributed by atoms with van der Waals surface area (Å²) in [5, 5.41) is 6.11. The highest BCUT2D eigenvalue weighted by atomic mass is 35.5. The summed E-state index contributed by atoms with van der Waals surface area (Å²) < 4.78 is 13.6. The SMILES string of the molecule is CCC1CCNC(C(=O)Nc2ccc(Cl)cc2F)C1. The summed E-state index contributed by atoms with van der Waals surface area (Å²) in [5.41, 5.74) is 0.176. The van der Waals surface area contributed by atoms with Gasteiger partial charge in [0.15, 0.2) is 0 Å². The number of nitrogens with one attached hydrogen (secondary N) is 2. The number of piperidine rings is 1. The molecule has 0 aliphatic carbocycles. The van der Waals surface area contributed by atoms with E-state index in [2.05, 4.69) is 17.6 Å². The molecule has 5 heteroatoms. The Morgan fingerprint density at radius 1 is 1.58 bits per heavy atom. The molecule has 1 aromatic carbocycles. The predicted molar refractivity (Wildman–Crippen MR) is 74.8 cm³/mol. The van der Waals surface area contributed by atoms with Crippen molar-refractivity contribution in [3.05, 3.63) is 29.0 Å². The summed E-state index contributed by atoms with van der Waals surface area (Å²) in [5.74, 6) is -0.130. The van der Waals surface area contributed by atoms with Crippen LogP contribution in [0.25, 0.3) is 0 Å². The van der Waals surface area contributed by atoms with Gasteiger partial charge in [0, 0.05) is 5.02 Å². The van der Waals surface area contributed by atoms with Crippen LogP contribution in [0.15, 0.2) is 18.2 Å². The molecule has 1 heterocycles.